The molecule has 0 spiro atoms. The van der Waals surface area contributed by atoms with Crippen molar-refractivity contribution in [1.82, 2.24) is 14.5 Å². The first-order valence-electron chi connectivity index (χ1n) is 11.7. The fourth-order valence-corrected chi connectivity index (χ4v) is 5.13. The fourth-order valence-electron chi connectivity index (χ4n) is 4.48. The molecule has 0 unspecified atom stereocenters. The maximum absolute atomic E-state index is 12.5. The molecule has 3 aromatic rings. The lowest BCUT2D eigenvalue weighted by atomic mass is 9.78. The minimum absolute atomic E-state index is 0.244. The van der Waals surface area contributed by atoms with Gasteiger partial charge in [0.05, 0.1) is 17.1 Å². The molecule has 7 nitrogen and oxygen atoms in total. The van der Waals surface area contributed by atoms with Crippen molar-refractivity contribution in [2.75, 3.05) is 19.3 Å². The van der Waals surface area contributed by atoms with Gasteiger partial charge in [-0.1, -0.05) is 26.0 Å². The summed E-state index contributed by atoms with van der Waals surface area (Å²) in [5.41, 5.74) is 3.30. The van der Waals surface area contributed by atoms with Gasteiger partial charge in [0.1, 0.15) is 5.60 Å². The van der Waals surface area contributed by atoms with E-state index in [2.05, 4.69) is 30.6 Å². The summed E-state index contributed by atoms with van der Waals surface area (Å²) in [5.74, 6) is 0. The van der Waals surface area contributed by atoms with Gasteiger partial charge in [0.2, 0.25) is 0 Å². The van der Waals surface area contributed by atoms with E-state index in [9.17, 15) is 13.2 Å². The Hall–Kier alpha value is -3.13. The molecule has 0 fully saturated rings. The second-order valence-corrected chi connectivity index (χ2v) is 12.9. The number of sulfone groups is 1. The summed E-state index contributed by atoms with van der Waals surface area (Å²) in [7, 11) is -3.24. The number of hydrogen-bond acceptors (Lipinski definition) is 5. The number of nitrogens with zero attached hydrogens (tertiary/aromatic N) is 3. The molecule has 2 aromatic heterocycles. The summed E-state index contributed by atoms with van der Waals surface area (Å²) in [6.07, 6.45) is 6.85. The molecule has 1 aromatic carbocycles. The summed E-state index contributed by atoms with van der Waals surface area (Å²) >= 11 is 0. The van der Waals surface area contributed by atoms with E-state index >= 15 is 0 Å². The monoisotopic (exact) mass is 495 g/mol. The molecule has 1 amide bonds. The standard InChI is InChI=1S/C27H33N3O4S/c1-26(2,3)34-25(31)30-14-12-23(27(4,5)18-30)20-7-8-21(28-16-20)17-29-13-11-19-15-22(35(6,32)33)9-10-24(19)29/h7-13,15-16H,14,17-18H2,1-6H3. The molecule has 0 N–H and O–H groups in total. The van der Waals surface area contributed by atoms with Gasteiger partial charge in [-0.3, -0.25) is 4.98 Å². The maximum Gasteiger partial charge on any atom is 0.410 e. The van der Waals surface area contributed by atoms with Crippen LogP contribution in [0.4, 0.5) is 4.79 Å². The lowest BCUT2D eigenvalue weighted by molar-refractivity contribution is 0.0219. The number of hydrogen-bond donors (Lipinski definition) is 0. The van der Waals surface area contributed by atoms with E-state index < -0.39 is 15.4 Å². The van der Waals surface area contributed by atoms with Crippen LogP contribution in [0.3, 0.4) is 0 Å². The van der Waals surface area contributed by atoms with Crippen molar-refractivity contribution in [2.45, 2.75) is 51.7 Å². The van der Waals surface area contributed by atoms with E-state index in [1.807, 2.05) is 51.4 Å². The molecule has 186 valence electrons. The van der Waals surface area contributed by atoms with Gasteiger partial charge in [0.25, 0.3) is 0 Å². The van der Waals surface area contributed by atoms with Crippen molar-refractivity contribution < 1.29 is 17.9 Å². The largest absolute Gasteiger partial charge is 0.444 e. The fraction of sp³-hybridized carbons (Fsp3) is 0.407. The summed E-state index contributed by atoms with van der Waals surface area (Å²) in [6.45, 7) is 11.5. The lowest BCUT2D eigenvalue weighted by Crippen LogP contribution is -2.45. The topological polar surface area (TPSA) is 81.5 Å². The Morgan fingerprint density at radius 1 is 1.14 bits per heavy atom. The smallest absolute Gasteiger partial charge is 0.410 e. The average Bonchev–Trinajstić information content (AvgIpc) is 3.14. The molecule has 0 saturated carbocycles. The third-order valence-corrected chi connectivity index (χ3v) is 7.23. The van der Waals surface area contributed by atoms with E-state index in [4.69, 9.17) is 9.72 Å². The first kappa shape index (κ1) is 25.0. The zero-order valence-electron chi connectivity index (χ0n) is 21.2. The Morgan fingerprint density at radius 2 is 1.89 bits per heavy atom. The van der Waals surface area contributed by atoms with E-state index in [0.717, 1.165) is 27.7 Å². The predicted octanol–water partition coefficient (Wildman–Crippen LogP) is 5.15. The van der Waals surface area contributed by atoms with Gasteiger partial charge in [-0.05, 0) is 62.2 Å². The van der Waals surface area contributed by atoms with E-state index in [0.29, 0.717) is 24.5 Å². The Kier molecular flexibility index (Phi) is 6.30. The van der Waals surface area contributed by atoms with Crippen molar-refractivity contribution in [3.8, 4) is 0 Å². The summed E-state index contributed by atoms with van der Waals surface area (Å²) in [4.78, 5) is 19.3. The third kappa shape index (κ3) is 5.59. The number of aromatic nitrogens is 2. The number of amides is 1. The molecule has 0 aliphatic carbocycles. The number of carbonyl (C=O) groups excluding carboxylic acids is 1. The average molecular weight is 496 g/mol. The minimum Gasteiger partial charge on any atom is -0.444 e. The number of rotatable bonds is 4. The highest BCUT2D eigenvalue weighted by molar-refractivity contribution is 7.90. The zero-order chi connectivity index (χ0) is 25.6. The van der Waals surface area contributed by atoms with Crippen LogP contribution in [0, 0.1) is 5.41 Å². The van der Waals surface area contributed by atoms with E-state index in [1.165, 1.54) is 6.26 Å². The van der Waals surface area contributed by atoms with Crippen LogP contribution < -0.4 is 0 Å². The van der Waals surface area contributed by atoms with Crippen LogP contribution in [0.2, 0.25) is 0 Å². The number of carbonyl (C=O) groups is 1. The molecule has 35 heavy (non-hydrogen) atoms. The normalized spacial score (nSPS) is 16.3. The Labute approximate surface area is 207 Å². The van der Waals surface area contributed by atoms with Gasteiger partial charge in [-0.15, -0.1) is 0 Å². The summed E-state index contributed by atoms with van der Waals surface area (Å²) < 4.78 is 31.3. The zero-order valence-corrected chi connectivity index (χ0v) is 22.0. The van der Waals surface area contributed by atoms with Crippen molar-refractivity contribution >= 4 is 32.4 Å². The van der Waals surface area contributed by atoms with E-state index in [1.54, 1.807) is 17.0 Å². The van der Waals surface area contributed by atoms with Gasteiger partial charge in [0, 0.05) is 48.1 Å². The Bertz CT molecular complexity index is 1390. The van der Waals surface area contributed by atoms with Gasteiger partial charge in [0.15, 0.2) is 9.84 Å². The van der Waals surface area contributed by atoms with E-state index in [-0.39, 0.29) is 11.5 Å². The molecule has 8 heteroatoms. The van der Waals surface area contributed by atoms with Crippen molar-refractivity contribution in [1.29, 1.82) is 0 Å². The molecule has 1 aliphatic heterocycles. The third-order valence-electron chi connectivity index (χ3n) is 6.12. The number of benzene rings is 1. The first-order valence-corrected chi connectivity index (χ1v) is 13.5. The summed E-state index contributed by atoms with van der Waals surface area (Å²) in [6, 6.07) is 11.2. The van der Waals surface area contributed by atoms with Crippen LogP contribution in [0.15, 0.2) is 59.8 Å². The number of ether oxygens (including phenoxy) is 1. The lowest BCUT2D eigenvalue weighted by Gasteiger charge is -2.39. The molecule has 0 atom stereocenters. The van der Waals surface area contributed by atoms with Crippen molar-refractivity contribution in [3.63, 3.8) is 0 Å². The second-order valence-electron chi connectivity index (χ2n) is 10.8. The highest BCUT2D eigenvalue weighted by Crippen LogP contribution is 2.38. The quantitative estimate of drug-likeness (QED) is 0.500. The van der Waals surface area contributed by atoms with Crippen LogP contribution in [0.25, 0.3) is 16.5 Å². The summed E-state index contributed by atoms with van der Waals surface area (Å²) in [5, 5.41) is 0.883. The Morgan fingerprint density at radius 3 is 2.49 bits per heavy atom. The SMILES string of the molecule is CC(C)(C)OC(=O)N1CC=C(c2ccc(Cn3ccc4cc(S(C)(=O)=O)ccc43)nc2)C(C)(C)C1. The first-order chi connectivity index (χ1) is 16.2. The maximum atomic E-state index is 12.5. The molecule has 0 bridgehead atoms. The van der Waals surface area contributed by atoms with Crippen molar-refractivity contribution in [3.05, 3.63) is 66.1 Å². The van der Waals surface area contributed by atoms with Crippen LogP contribution in [-0.4, -0.2) is 53.9 Å². The minimum atomic E-state index is -3.24. The van der Waals surface area contributed by atoms with Crippen molar-refractivity contribution in [2.24, 2.45) is 5.41 Å². The van der Waals surface area contributed by atoms with Gasteiger partial charge in [-0.25, -0.2) is 13.2 Å². The molecule has 4 rings (SSSR count). The van der Waals surface area contributed by atoms with Gasteiger partial charge in [-0.2, -0.15) is 0 Å². The molecular formula is C27H33N3O4S. The molecule has 0 radical (unpaired) electrons. The van der Waals surface area contributed by atoms with Crippen LogP contribution in [0.1, 0.15) is 45.9 Å². The molecule has 0 saturated heterocycles. The second kappa shape index (κ2) is 8.82. The molecular weight excluding hydrogens is 462 g/mol. The van der Waals surface area contributed by atoms with Crippen LogP contribution >= 0.6 is 0 Å². The predicted molar refractivity (Wildman–Crippen MR) is 138 cm³/mol. The number of pyridine rings is 1. The highest BCUT2D eigenvalue weighted by Gasteiger charge is 2.34. The van der Waals surface area contributed by atoms with Crippen LogP contribution in [-0.2, 0) is 21.1 Å². The van der Waals surface area contributed by atoms with Gasteiger partial charge >= 0.3 is 6.09 Å². The van der Waals surface area contributed by atoms with Crippen LogP contribution in [0.5, 0.6) is 0 Å². The highest BCUT2D eigenvalue weighted by atomic mass is 32.2. The number of fused-ring (bicyclic) bond motifs is 1. The van der Waals surface area contributed by atoms with Gasteiger partial charge < -0.3 is 14.2 Å². The molecule has 3 heterocycles. The Balaban J connectivity index is 1.51. The molecule has 1 aliphatic rings.